The zero-order valence-electron chi connectivity index (χ0n) is 9.70. The third-order valence-corrected chi connectivity index (χ3v) is 3.21. The molecule has 0 N–H and O–H groups in total. The van der Waals surface area contributed by atoms with E-state index in [1.54, 1.807) is 18.2 Å². The third kappa shape index (κ3) is 3.78. The van der Waals surface area contributed by atoms with Gasteiger partial charge in [0.25, 0.3) is 0 Å². The zero-order chi connectivity index (χ0) is 13.8. The topological polar surface area (TPSA) is 26.3 Å². The molecule has 0 aromatic heterocycles. The van der Waals surface area contributed by atoms with Gasteiger partial charge in [0.1, 0.15) is 11.6 Å². The lowest BCUT2D eigenvalue weighted by Gasteiger charge is -2.07. The summed E-state index contributed by atoms with van der Waals surface area (Å²) in [7, 11) is 0. The molecule has 0 saturated carbocycles. The highest BCUT2D eigenvalue weighted by molar-refractivity contribution is 9.10. The molecule has 2 nitrogen and oxygen atoms in total. The fraction of sp³-hybridized carbons (Fsp3) is 0.0714. The molecule has 0 radical (unpaired) electrons. The molecule has 5 heteroatoms. The van der Waals surface area contributed by atoms with E-state index in [9.17, 15) is 9.18 Å². The fourth-order valence-corrected chi connectivity index (χ4v) is 2.18. The molecule has 0 amide bonds. The molecule has 98 valence electrons. The lowest BCUT2D eigenvalue weighted by molar-refractivity contribution is 0.0921. The Morgan fingerprint density at radius 2 is 1.89 bits per heavy atom. The van der Waals surface area contributed by atoms with Crippen LogP contribution in [0.15, 0.2) is 46.9 Å². The van der Waals surface area contributed by atoms with Crippen LogP contribution in [0.1, 0.15) is 10.4 Å². The quantitative estimate of drug-likeness (QED) is 0.764. The van der Waals surface area contributed by atoms with E-state index in [0.29, 0.717) is 16.3 Å². The summed E-state index contributed by atoms with van der Waals surface area (Å²) >= 11 is 9.24. The van der Waals surface area contributed by atoms with Crippen LogP contribution in [-0.4, -0.2) is 12.4 Å². The normalized spacial score (nSPS) is 10.3. The SMILES string of the molecule is O=C(COc1ccc(Br)cc1Cl)c1ccc(F)cc1. The molecule has 0 unspecified atom stereocenters. The van der Waals surface area contributed by atoms with Gasteiger partial charge in [0.15, 0.2) is 12.4 Å². The number of carbonyl (C=O) groups excluding carboxylic acids is 1. The average molecular weight is 344 g/mol. The Labute approximate surface area is 123 Å². The molecule has 0 saturated heterocycles. The van der Waals surface area contributed by atoms with Crippen LogP contribution in [-0.2, 0) is 0 Å². The summed E-state index contributed by atoms with van der Waals surface area (Å²) in [6.07, 6.45) is 0. The van der Waals surface area contributed by atoms with Crippen molar-refractivity contribution < 1.29 is 13.9 Å². The van der Waals surface area contributed by atoms with Gasteiger partial charge < -0.3 is 4.74 Å². The van der Waals surface area contributed by atoms with Crippen molar-refractivity contribution in [2.24, 2.45) is 0 Å². The Morgan fingerprint density at radius 3 is 2.53 bits per heavy atom. The van der Waals surface area contributed by atoms with Crippen molar-refractivity contribution in [3.8, 4) is 5.75 Å². The van der Waals surface area contributed by atoms with Crippen molar-refractivity contribution in [3.63, 3.8) is 0 Å². The maximum absolute atomic E-state index is 12.7. The van der Waals surface area contributed by atoms with Crippen LogP contribution in [0, 0.1) is 5.82 Å². The third-order valence-electron chi connectivity index (χ3n) is 2.42. The lowest BCUT2D eigenvalue weighted by atomic mass is 10.1. The number of hydrogen-bond donors (Lipinski definition) is 0. The number of carbonyl (C=O) groups is 1. The fourth-order valence-electron chi connectivity index (χ4n) is 1.45. The Bertz CT molecular complexity index is 599. The lowest BCUT2D eigenvalue weighted by Crippen LogP contribution is -2.11. The van der Waals surface area contributed by atoms with Crippen LogP contribution >= 0.6 is 27.5 Å². The minimum absolute atomic E-state index is 0.146. The molecule has 0 heterocycles. The van der Waals surface area contributed by atoms with Crippen molar-refractivity contribution in [1.82, 2.24) is 0 Å². The molecule has 0 fully saturated rings. The van der Waals surface area contributed by atoms with Gasteiger partial charge in [-0.3, -0.25) is 4.79 Å². The number of ether oxygens (including phenoxy) is 1. The monoisotopic (exact) mass is 342 g/mol. The highest BCUT2D eigenvalue weighted by atomic mass is 79.9. The van der Waals surface area contributed by atoms with Crippen molar-refractivity contribution in [3.05, 3.63) is 63.3 Å². The maximum Gasteiger partial charge on any atom is 0.200 e. The predicted molar refractivity (Wildman–Crippen MR) is 75.4 cm³/mol. The Balaban J connectivity index is 2.02. The van der Waals surface area contributed by atoms with Gasteiger partial charge >= 0.3 is 0 Å². The van der Waals surface area contributed by atoms with Crippen LogP contribution in [0.3, 0.4) is 0 Å². The minimum atomic E-state index is -0.381. The molecular weight excluding hydrogens is 335 g/mol. The van der Waals surface area contributed by atoms with Gasteiger partial charge in [-0.2, -0.15) is 0 Å². The predicted octanol–water partition coefficient (Wildman–Crippen LogP) is 4.50. The maximum atomic E-state index is 12.7. The van der Waals surface area contributed by atoms with Gasteiger partial charge in [-0.1, -0.05) is 27.5 Å². The van der Waals surface area contributed by atoms with Gasteiger partial charge in [0.05, 0.1) is 5.02 Å². The van der Waals surface area contributed by atoms with E-state index in [1.165, 1.54) is 24.3 Å². The number of ketones is 1. The highest BCUT2D eigenvalue weighted by Crippen LogP contribution is 2.27. The highest BCUT2D eigenvalue weighted by Gasteiger charge is 2.09. The molecule has 2 aromatic carbocycles. The van der Waals surface area contributed by atoms with Gasteiger partial charge in [-0.05, 0) is 42.5 Å². The van der Waals surface area contributed by atoms with Gasteiger partial charge in [0.2, 0.25) is 0 Å². The zero-order valence-corrected chi connectivity index (χ0v) is 12.0. The Hall–Kier alpha value is -1.39. The van der Waals surface area contributed by atoms with Crippen molar-refractivity contribution in [2.45, 2.75) is 0 Å². The molecule has 0 aliphatic heterocycles. The van der Waals surface area contributed by atoms with E-state index in [4.69, 9.17) is 16.3 Å². The molecule has 2 aromatic rings. The second kappa shape index (κ2) is 6.17. The molecule has 0 atom stereocenters. The smallest absolute Gasteiger partial charge is 0.200 e. The van der Waals surface area contributed by atoms with E-state index in [2.05, 4.69) is 15.9 Å². The Kier molecular flexibility index (Phi) is 4.56. The summed E-state index contributed by atoms with van der Waals surface area (Å²) < 4.78 is 18.9. The number of hydrogen-bond acceptors (Lipinski definition) is 2. The van der Waals surface area contributed by atoms with E-state index in [0.717, 1.165) is 4.47 Å². The van der Waals surface area contributed by atoms with Gasteiger partial charge in [0, 0.05) is 10.0 Å². The molecule has 0 aliphatic rings. The Morgan fingerprint density at radius 1 is 1.21 bits per heavy atom. The summed E-state index contributed by atoms with van der Waals surface area (Å²) in [6, 6.07) is 10.4. The van der Waals surface area contributed by atoms with E-state index < -0.39 is 0 Å². The van der Waals surface area contributed by atoms with E-state index >= 15 is 0 Å². The first-order chi connectivity index (χ1) is 9.06. The van der Waals surface area contributed by atoms with Crippen LogP contribution in [0.5, 0.6) is 5.75 Å². The molecule has 0 aliphatic carbocycles. The second-order valence-electron chi connectivity index (χ2n) is 3.79. The first kappa shape index (κ1) is 14.0. The minimum Gasteiger partial charge on any atom is -0.484 e. The number of rotatable bonds is 4. The molecule has 0 spiro atoms. The summed E-state index contributed by atoms with van der Waals surface area (Å²) in [6.45, 7) is -0.146. The van der Waals surface area contributed by atoms with E-state index in [-0.39, 0.29) is 18.2 Å². The van der Waals surface area contributed by atoms with Gasteiger partial charge in [-0.15, -0.1) is 0 Å². The van der Waals surface area contributed by atoms with Crippen LogP contribution in [0.4, 0.5) is 4.39 Å². The van der Waals surface area contributed by atoms with Crippen molar-refractivity contribution in [1.29, 1.82) is 0 Å². The van der Waals surface area contributed by atoms with E-state index in [1.807, 2.05) is 0 Å². The van der Waals surface area contributed by atoms with Crippen LogP contribution in [0.2, 0.25) is 5.02 Å². The molecule has 19 heavy (non-hydrogen) atoms. The molecule has 2 rings (SSSR count). The number of Topliss-reactive ketones (excluding diaryl/α,β-unsaturated/α-hetero) is 1. The van der Waals surface area contributed by atoms with Crippen molar-refractivity contribution >= 4 is 33.3 Å². The first-order valence-corrected chi connectivity index (χ1v) is 6.60. The molecular formula is C14H9BrClFO2. The number of halogens is 3. The number of benzene rings is 2. The summed E-state index contributed by atoms with van der Waals surface area (Å²) in [4.78, 5) is 11.8. The van der Waals surface area contributed by atoms with Crippen LogP contribution < -0.4 is 4.74 Å². The first-order valence-electron chi connectivity index (χ1n) is 5.43. The summed E-state index contributed by atoms with van der Waals surface area (Å²) in [5.41, 5.74) is 0.398. The molecule has 0 bridgehead atoms. The standard InChI is InChI=1S/C14H9BrClFO2/c15-10-3-6-14(12(16)7-10)19-8-13(18)9-1-4-11(17)5-2-9/h1-7H,8H2. The average Bonchev–Trinajstić information content (AvgIpc) is 2.38. The van der Waals surface area contributed by atoms with Crippen molar-refractivity contribution in [2.75, 3.05) is 6.61 Å². The summed E-state index contributed by atoms with van der Waals surface area (Å²) in [5, 5.41) is 0.418. The largest absolute Gasteiger partial charge is 0.484 e. The van der Waals surface area contributed by atoms with Crippen LogP contribution in [0.25, 0.3) is 0 Å². The second-order valence-corrected chi connectivity index (χ2v) is 5.12. The van der Waals surface area contributed by atoms with Gasteiger partial charge in [-0.25, -0.2) is 4.39 Å². The summed E-state index contributed by atoms with van der Waals surface area (Å²) in [5.74, 6) is -0.187.